The van der Waals surface area contributed by atoms with Gasteiger partial charge in [0.15, 0.2) is 0 Å². The summed E-state index contributed by atoms with van der Waals surface area (Å²) in [5, 5.41) is 6.12. The second-order valence-corrected chi connectivity index (χ2v) is 5.36. The Morgan fingerprint density at radius 1 is 1.37 bits per heavy atom. The van der Waals surface area contributed by atoms with E-state index in [1.807, 2.05) is 0 Å². The number of halogens is 2. The highest BCUT2D eigenvalue weighted by atomic mass is 19.3. The number of alkyl halides is 2. The summed E-state index contributed by atoms with van der Waals surface area (Å²) in [6.45, 7) is -0.142. The van der Waals surface area contributed by atoms with Crippen molar-refractivity contribution < 1.29 is 18.3 Å². The van der Waals surface area contributed by atoms with E-state index in [9.17, 15) is 13.6 Å². The average molecular weight is 276 g/mol. The van der Waals surface area contributed by atoms with E-state index in [-0.39, 0.29) is 18.6 Å². The van der Waals surface area contributed by atoms with Crippen LogP contribution in [0.25, 0.3) is 0 Å². The van der Waals surface area contributed by atoms with Gasteiger partial charge in [-0.1, -0.05) is 12.8 Å². The van der Waals surface area contributed by atoms with Crippen molar-refractivity contribution >= 4 is 5.91 Å². The number of carbonyl (C=O) groups excluding carboxylic acids is 1. The second-order valence-electron chi connectivity index (χ2n) is 5.36. The fourth-order valence-corrected chi connectivity index (χ4v) is 3.06. The van der Waals surface area contributed by atoms with Crippen molar-refractivity contribution in [2.45, 2.75) is 50.6 Å². The maximum absolute atomic E-state index is 11.9. The van der Waals surface area contributed by atoms with Crippen LogP contribution in [0.15, 0.2) is 0 Å². The number of hydrogen-bond donors (Lipinski definition) is 2. The number of carbonyl (C=O) groups is 1. The van der Waals surface area contributed by atoms with Crippen LogP contribution in [0.3, 0.4) is 0 Å². The van der Waals surface area contributed by atoms with Gasteiger partial charge in [0.1, 0.15) is 6.61 Å². The van der Waals surface area contributed by atoms with Crippen molar-refractivity contribution in [2.24, 2.45) is 5.92 Å². The Labute approximate surface area is 112 Å². The lowest BCUT2D eigenvalue weighted by molar-refractivity contribution is -0.123. The van der Waals surface area contributed by atoms with Crippen molar-refractivity contribution in [1.82, 2.24) is 10.6 Å². The highest BCUT2D eigenvalue weighted by Crippen LogP contribution is 2.33. The minimum absolute atomic E-state index is 0.0324. The highest BCUT2D eigenvalue weighted by Gasteiger charge is 2.37. The maximum atomic E-state index is 11.9. The third-order valence-electron chi connectivity index (χ3n) is 3.97. The van der Waals surface area contributed by atoms with E-state index in [0.717, 1.165) is 12.8 Å². The van der Waals surface area contributed by atoms with Crippen LogP contribution in [0.1, 0.15) is 32.1 Å². The maximum Gasteiger partial charge on any atom is 0.261 e. The van der Waals surface area contributed by atoms with Gasteiger partial charge >= 0.3 is 0 Å². The van der Waals surface area contributed by atoms with Crippen LogP contribution in [-0.2, 0) is 9.53 Å². The molecule has 1 saturated carbocycles. The van der Waals surface area contributed by atoms with Crippen molar-refractivity contribution in [1.29, 1.82) is 0 Å². The molecule has 2 rings (SSSR count). The molecular formula is C13H22F2N2O2. The summed E-state index contributed by atoms with van der Waals surface area (Å²) in [5.74, 6) is 0.592. The van der Waals surface area contributed by atoms with E-state index in [1.54, 1.807) is 0 Å². The summed E-state index contributed by atoms with van der Waals surface area (Å²) in [6.07, 6.45) is 3.32. The Morgan fingerprint density at radius 3 is 2.89 bits per heavy atom. The van der Waals surface area contributed by atoms with Gasteiger partial charge in [0.2, 0.25) is 5.91 Å². The Hall–Kier alpha value is -0.750. The third kappa shape index (κ3) is 4.38. The van der Waals surface area contributed by atoms with Gasteiger partial charge in [0.25, 0.3) is 6.43 Å². The summed E-state index contributed by atoms with van der Waals surface area (Å²) in [5.41, 5.74) is 0. The average Bonchev–Trinajstić information content (AvgIpc) is 2.81. The van der Waals surface area contributed by atoms with Gasteiger partial charge in [-0.15, -0.1) is 0 Å². The lowest BCUT2D eigenvalue weighted by Crippen LogP contribution is -2.44. The van der Waals surface area contributed by atoms with Crippen LogP contribution in [-0.4, -0.2) is 44.2 Å². The first kappa shape index (κ1) is 14.7. The summed E-state index contributed by atoms with van der Waals surface area (Å²) in [6, 6.07) is 0.364. The van der Waals surface area contributed by atoms with Crippen LogP contribution in [0.5, 0.6) is 0 Å². The first-order valence-electron chi connectivity index (χ1n) is 7.06. The summed E-state index contributed by atoms with van der Waals surface area (Å²) in [7, 11) is 0. The number of fused-ring (bicyclic) bond motifs is 1. The first-order chi connectivity index (χ1) is 9.16. The normalized spacial score (nSPS) is 30.4. The molecule has 6 heteroatoms. The molecule has 0 aromatic heterocycles. The van der Waals surface area contributed by atoms with Crippen molar-refractivity contribution in [3.8, 4) is 0 Å². The zero-order chi connectivity index (χ0) is 13.7. The molecule has 2 N–H and O–H groups in total. The number of rotatable bonds is 6. The molecule has 0 radical (unpaired) electrons. The minimum Gasteiger partial charge on any atom is -0.374 e. The smallest absolute Gasteiger partial charge is 0.261 e. The Morgan fingerprint density at radius 2 is 2.16 bits per heavy atom. The molecule has 2 aliphatic rings. The SMILES string of the molecule is O=C(NCCOCC(F)F)C1CC2CCCCC2N1. The lowest BCUT2D eigenvalue weighted by atomic mass is 9.85. The van der Waals surface area contributed by atoms with Gasteiger partial charge in [-0.25, -0.2) is 8.78 Å². The molecule has 1 aliphatic carbocycles. The van der Waals surface area contributed by atoms with Gasteiger partial charge < -0.3 is 15.4 Å². The molecule has 0 aromatic carbocycles. The molecule has 1 saturated heterocycles. The number of nitrogens with one attached hydrogen (secondary N) is 2. The van der Waals surface area contributed by atoms with Crippen LogP contribution in [0, 0.1) is 5.92 Å². The number of ether oxygens (including phenoxy) is 1. The molecule has 0 aromatic rings. The Bertz CT molecular complexity index is 288. The van der Waals surface area contributed by atoms with Crippen LogP contribution in [0.4, 0.5) is 8.78 Å². The fourth-order valence-electron chi connectivity index (χ4n) is 3.06. The molecule has 1 aliphatic heterocycles. The molecule has 2 fully saturated rings. The summed E-state index contributed by atoms with van der Waals surface area (Å²) >= 11 is 0. The molecule has 19 heavy (non-hydrogen) atoms. The van der Waals surface area contributed by atoms with Gasteiger partial charge in [-0.3, -0.25) is 4.79 Å². The standard InChI is InChI=1S/C13H22F2N2O2/c14-12(15)8-19-6-5-16-13(18)11-7-9-3-1-2-4-10(9)17-11/h9-12,17H,1-8H2,(H,16,18). The Balaban J connectivity index is 1.61. The van der Waals surface area contributed by atoms with Gasteiger partial charge in [-0.05, 0) is 25.2 Å². The van der Waals surface area contributed by atoms with Crippen LogP contribution in [0.2, 0.25) is 0 Å². The first-order valence-corrected chi connectivity index (χ1v) is 7.06. The molecule has 0 spiro atoms. The predicted octanol–water partition coefficient (Wildman–Crippen LogP) is 1.30. The van der Waals surface area contributed by atoms with Crippen LogP contribution >= 0.6 is 0 Å². The zero-order valence-electron chi connectivity index (χ0n) is 11.0. The molecule has 110 valence electrons. The number of hydrogen-bond acceptors (Lipinski definition) is 3. The molecule has 3 atom stereocenters. The lowest BCUT2D eigenvalue weighted by Gasteiger charge is -2.24. The highest BCUT2D eigenvalue weighted by molar-refractivity contribution is 5.82. The molecule has 4 nitrogen and oxygen atoms in total. The predicted molar refractivity (Wildman–Crippen MR) is 67.1 cm³/mol. The summed E-state index contributed by atoms with van der Waals surface area (Å²) < 4.78 is 28.3. The zero-order valence-corrected chi connectivity index (χ0v) is 11.0. The minimum atomic E-state index is -2.45. The fraction of sp³-hybridized carbons (Fsp3) is 0.923. The third-order valence-corrected chi connectivity index (χ3v) is 3.97. The van der Waals surface area contributed by atoms with E-state index < -0.39 is 13.0 Å². The van der Waals surface area contributed by atoms with E-state index in [4.69, 9.17) is 4.74 Å². The quantitative estimate of drug-likeness (QED) is 0.719. The van der Waals surface area contributed by atoms with E-state index in [1.165, 1.54) is 19.3 Å². The van der Waals surface area contributed by atoms with E-state index in [0.29, 0.717) is 18.5 Å². The monoisotopic (exact) mass is 276 g/mol. The molecule has 1 heterocycles. The van der Waals surface area contributed by atoms with Crippen molar-refractivity contribution in [2.75, 3.05) is 19.8 Å². The van der Waals surface area contributed by atoms with Gasteiger partial charge in [0.05, 0.1) is 12.6 Å². The van der Waals surface area contributed by atoms with E-state index >= 15 is 0 Å². The van der Waals surface area contributed by atoms with Crippen molar-refractivity contribution in [3.05, 3.63) is 0 Å². The second kappa shape index (κ2) is 7.14. The van der Waals surface area contributed by atoms with E-state index in [2.05, 4.69) is 10.6 Å². The topological polar surface area (TPSA) is 50.4 Å². The molecule has 0 bridgehead atoms. The molecule has 1 amide bonds. The van der Waals surface area contributed by atoms with Gasteiger partial charge in [-0.2, -0.15) is 0 Å². The molecule has 3 unspecified atom stereocenters. The molecular weight excluding hydrogens is 254 g/mol. The van der Waals surface area contributed by atoms with Gasteiger partial charge in [0, 0.05) is 12.6 Å². The largest absolute Gasteiger partial charge is 0.374 e. The van der Waals surface area contributed by atoms with Crippen molar-refractivity contribution in [3.63, 3.8) is 0 Å². The Kier molecular flexibility index (Phi) is 5.51. The number of amides is 1. The summed E-state index contributed by atoms with van der Waals surface area (Å²) in [4.78, 5) is 11.9. The van der Waals surface area contributed by atoms with Crippen LogP contribution < -0.4 is 10.6 Å².